The zero-order chi connectivity index (χ0) is 7.57. The summed E-state index contributed by atoms with van der Waals surface area (Å²) in [5.74, 6) is 0. The number of rotatable bonds is 0. The van der Waals surface area contributed by atoms with Crippen molar-refractivity contribution < 1.29 is 4.74 Å². The van der Waals surface area contributed by atoms with Crippen molar-refractivity contribution in [1.82, 2.24) is 0 Å². The van der Waals surface area contributed by atoms with E-state index in [1.165, 1.54) is 38.5 Å². The molecule has 0 bridgehead atoms. The van der Waals surface area contributed by atoms with Gasteiger partial charge in [0.05, 0.1) is 12.2 Å². The Labute approximate surface area is 68.4 Å². The molecule has 2 rings (SSSR count). The van der Waals surface area contributed by atoms with Gasteiger partial charge < -0.3 is 4.74 Å². The second kappa shape index (κ2) is 2.98. The first-order valence-electron chi connectivity index (χ1n) is 4.70. The van der Waals surface area contributed by atoms with Crippen LogP contribution in [-0.2, 0) is 4.74 Å². The zero-order valence-corrected chi connectivity index (χ0v) is 7.01. The summed E-state index contributed by atoms with van der Waals surface area (Å²) in [6.07, 6.45) is 12.2. The van der Waals surface area contributed by atoms with Crippen molar-refractivity contribution in [2.75, 3.05) is 6.61 Å². The summed E-state index contributed by atoms with van der Waals surface area (Å²) in [5.41, 5.74) is 0.295. The minimum Gasteiger partial charge on any atom is -0.371 e. The summed E-state index contributed by atoms with van der Waals surface area (Å²) < 4.78 is 5.86. The normalized spacial score (nSPS) is 29.1. The Morgan fingerprint density at radius 3 is 2.64 bits per heavy atom. The van der Waals surface area contributed by atoms with Crippen molar-refractivity contribution in [3.8, 4) is 0 Å². The van der Waals surface area contributed by atoms with E-state index in [0.29, 0.717) is 5.60 Å². The Morgan fingerprint density at radius 2 is 1.82 bits per heavy atom. The first-order valence-corrected chi connectivity index (χ1v) is 4.70. The van der Waals surface area contributed by atoms with E-state index in [1.54, 1.807) is 0 Å². The second-order valence-electron chi connectivity index (χ2n) is 3.71. The van der Waals surface area contributed by atoms with Gasteiger partial charge in [0, 0.05) is 0 Å². The van der Waals surface area contributed by atoms with E-state index in [9.17, 15) is 0 Å². The molecule has 0 N–H and O–H groups in total. The van der Waals surface area contributed by atoms with Gasteiger partial charge in [0.15, 0.2) is 0 Å². The molecule has 0 aromatic rings. The molecule has 1 heterocycles. The quantitative estimate of drug-likeness (QED) is 0.485. The van der Waals surface area contributed by atoms with Crippen molar-refractivity contribution in [1.29, 1.82) is 0 Å². The molecular weight excluding hydrogens is 136 g/mol. The van der Waals surface area contributed by atoms with Crippen molar-refractivity contribution >= 4 is 0 Å². The van der Waals surface area contributed by atoms with Gasteiger partial charge in [0.1, 0.15) is 0 Å². The Hall–Kier alpha value is -0.300. The third-order valence-corrected chi connectivity index (χ3v) is 2.93. The summed E-state index contributed by atoms with van der Waals surface area (Å²) in [4.78, 5) is 0. The molecule has 1 fully saturated rings. The van der Waals surface area contributed by atoms with Crippen LogP contribution in [0.3, 0.4) is 0 Å². The lowest BCUT2D eigenvalue weighted by molar-refractivity contribution is -0.0278. The second-order valence-corrected chi connectivity index (χ2v) is 3.71. The summed E-state index contributed by atoms with van der Waals surface area (Å²) in [5, 5.41) is 0. The maximum atomic E-state index is 5.86. The number of ether oxygens (including phenoxy) is 1. The highest BCUT2D eigenvalue weighted by Crippen LogP contribution is 2.37. The van der Waals surface area contributed by atoms with Crippen LogP contribution in [0.4, 0.5) is 0 Å². The third-order valence-electron chi connectivity index (χ3n) is 2.93. The topological polar surface area (TPSA) is 9.23 Å². The van der Waals surface area contributed by atoms with E-state index < -0.39 is 0 Å². The molecule has 2 aliphatic rings. The first-order chi connectivity index (χ1) is 5.41. The molecule has 0 amide bonds. The van der Waals surface area contributed by atoms with Crippen LogP contribution in [-0.4, -0.2) is 12.2 Å². The molecule has 1 saturated carbocycles. The van der Waals surface area contributed by atoms with E-state index in [1.807, 2.05) is 0 Å². The van der Waals surface area contributed by atoms with Crippen molar-refractivity contribution in [3.05, 3.63) is 12.2 Å². The minimum atomic E-state index is 0.295. The number of hydrogen-bond acceptors (Lipinski definition) is 1. The molecule has 0 aromatic carbocycles. The van der Waals surface area contributed by atoms with Gasteiger partial charge in [-0.1, -0.05) is 25.0 Å². The first kappa shape index (κ1) is 7.35. The fraction of sp³-hybridized carbons (Fsp3) is 0.800. The fourth-order valence-corrected chi connectivity index (χ4v) is 2.24. The van der Waals surface area contributed by atoms with Crippen LogP contribution < -0.4 is 0 Å². The summed E-state index contributed by atoms with van der Waals surface area (Å²) >= 11 is 0. The molecule has 11 heavy (non-hydrogen) atoms. The fourth-order valence-electron chi connectivity index (χ4n) is 2.24. The highest BCUT2D eigenvalue weighted by atomic mass is 16.5. The predicted molar refractivity (Wildman–Crippen MR) is 45.5 cm³/mol. The summed E-state index contributed by atoms with van der Waals surface area (Å²) in [6.45, 7) is 0.847. The Balaban J connectivity index is 2.01. The van der Waals surface area contributed by atoms with Gasteiger partial charge in [-0.3, -0.25) is 0 Å². The van der Waals surface area contributed by atoms with Crippen LogP contribution in [0.5, 0.6) is 0 Å². The van der Waals surface area contributed by atoms with Crippen LogP contribution in [0.2, 0.25) is 0 Å². The largest absolute Gasteiger partial charge is 0.371 e. The third kappa shape index (κ3) is 1.48. The van der Waals surface area contributed by atoms with Gasteiger partial charge in [-0.05, 0) is 25.7 Å². The average Bonchev–Trinajstić information content (AvgIpc) is 2.32. The van der Waals surface area contributed by atoms with E-state index in [2.05, 4.69) is 12.2 Å². The van der Waals surface area contributed by atoms with Gasteiger partial charge >= 0.3 is 0 Å². The van der Waals surface area contributed by atoms with Crippen LogP contribution >= 0.6 is 0 Å². The van der Waals surface area contributed by atoms with Gasteiger partial charge in [0.2, 0.25) is 0 Å². The molecular formula is C10H16O. The monoisotopic (exact) mass is 152 g/mol. The Morgan fingerprint density at radius 1 is 1.00 bits per heavy atom. The lowest BCUT2D eigenvalue weighted by atomic mass is 9.96. The molecule has 1 spiro atoms. The maximum absolute atomic E-state index is 5.86. The molecule has 62 valence electrons. The molecule has 1 aliphatic carbocycles. The lowest BCUT2D eigenvalue weighted by Gasteiger charge is -2.27. The SMILES string of the molecule is C1=CCOC2(CC1)CCCC2. The maximum Gasteiger partial charge on any atom is 0.0689 e. The van der Waals surface area contributed by atoms with Crippen molar-refractivity contribution in [3.63, 3.8) is 0 Å². The van der Waals surface area contributed by atoms with Crippen LogP contribution in [0.1, 0.15) is 38.5 Å². The molecule has 0 atom stereocenters. The molecule has 0 aromatic heterocycles. The highest BCUT2D eigenvalue weighted by Gasteiger charge is 2.34. The van der Waals surface area contributed by atoms with Gasteiger partial charge in [-0.2, -0.15) is 0 Å². The number of allylic oxidation sites excluding steroid dienone is 1. The van der Waals surface area contributed by atoms with Crippen LogP contribution in [0, 0.1) is 0 Å². The Kier molecular flexibility index (Phi) is 1.99. The molecule has 1 nitrogen and oxygen atoms in total. The molecule has 0 saturated heterocycles. The molecule has 1 aliphatic heterocycles. The van der Waals surface area contributed by atoms with Gasteiger partial charge in [-0.25, -0.2) is 0 Å². The summed E-state index contributed by atoms with van der Waals surface area (Å²) in [7, 11) is 0. The van der Waals surface area contributed by atoms with Crippen LogP contribution in [0.15, 0.2) is 12.2 Å². The number of hydrogen-bond donors (Lipinski definition) is 0. The van der Waals surface area contributed by atoms with Crippen molar-refractivity contribution in [2.45, 2.75) is 44.1 Å². The van der Waals surface area contributed by atoms with Crippen LogP contribution in [0.25, 0.3) is 0 Å². The minimum absolute atomic E-state index is 0.295. The van der Waals surface area contributed by atoms with E-state index >= 15 is 0 Å². The van der Waals surface area contributed by atoms with Gasteiger partial charge in [0.25, 0.3) is 0 Å². The van der Waals surface area contributed by atoms with Gasteiger partial charge in [-0.15, -0.1) is 0 Å². The average molecular weight is 152 g/mol. The predicted octanol–water partition coefficient (Wildman–Crippen LogP) is 2.67. The summed E-state index contributed by atoms with van der Waals surface area (Å²) in [6, 6.07) is 0. The van der Waals surface area contributed by atoms with E-state index in [4.69, 9.17) is 4.74 Å². The van der Waals surface area contributed by atoms with E-state index in [-0.39, 0.29) is 0 Å². The molecule has 0 unspecified atom stereocenters. The lowest BCUT2D eigenvalue weighted by Crippen LogP contribution is -2.27. The zero-order valence-electron chi connectivity index (χ0n) is 7.01. The van der Waals surface area contributed by atoms with E-state index in [0.717, 1.165) is 6.61 Å². The molecule has 0 radical (unpaired) electrons. The standard InChI is InChI=1S/C10H16O/c1-2-6-10(11-9-5-1)7-3-4-8-10/h1,5H,2-4,6-9H2. The Bertz CT molecular complexity index is 142. The highest BCUT2D eigenvalue weighted by molar-refractivity contribution is 4.95. The molecule has 1 heteroatoms. The smallest absolute Gasteiger partial charge is 0.0689 e. The van der Waals surface area contributed by atoms with Crippen molar-refractivity contribution in [2.24, 2.45) is 0 Å².